The molecule has 1 aliphatic carbocycles. The third-order valence-electron chi connectivity index (χ3n) is 3.52. The number of nitrogens with two attached hydrogens (primary N) is 1. The van der Waals surface area contributed by atoms with Crippen LogP contribution in [0.4, 0.5) is 0 Å². The second-order valence-electron chi connectivity index (χ2n) is 5.47. The van der Waals surface area contributed by atoms with Gasteiger partial charge in [0.25, 0.3) is 5.91 Å². The molecule has 0 atom stereocenters. The van der Waals surface area contributed by atoms with Crippen molar-refractivity contribution in [2.75, 3.05) is 33.9 Å². The summed E-state index contributed by atoms with van der Waals surface area (Å²) >= 11 is 0. The van der Waals surface area contributed by atoms with Gasteiger partial charge in [0.05, 0.1) is 13.2 Å². The fourth-order valence-corrected chi connectivity index (χ4v) is 2.00. The van der Waals surface area contributed by atoms with Gasteiger partial charge in [0.2, 0.25) is 0 Å². The molecule has 1 heterocycles. The molecular formula is C15H25IN4O3. The van der Waals surface area contributed by atoms with E-state index in [9.17, 15) is 4.79 Å². The second-order valence-corrected chi connectivity index (χ2v) is 5.47. The topological polar surface area (TPSA) is 93.1 Å². The number of likely N-dealkylation sites (N-methyl/N-ethyl adjacent to an activating group) is 1. The van der Waals surface area contributed by atoms with Gasteiger partial charge in [-0.3, -0.25) is 9.79 Å². The van der Waals surface area contributed by atoms with Crippen molar-refractivity contribution >= 4 is 35.8 Å². The van der Waals surface area contributed by atoms with Crippen LogP contribution in [0.15, 0.2) is 21.5 Å². The Morgan fingerprint density at radius 3 is 2.83 bits per heavy atom. The molecule has 0 radical (unpaired) electrons. The Balaban J connectivity index is 0.00000264. The van der Waals surface area contributed by atoms with Crippen molar-refractivity contribution in [2.24, 2.45) is 16.6 Å². The van der Waals surface area contributed by atoms with Crippen LogP contribution in [0.2, 0.25) is 0 Å². The standard InChI is InChI=1S/C15H24N4O3.HI/c1-17-15(19(2)7-8-21-10-11-3-4-11)18-9-12-5-6-13(22-12)14(16)20;/h5-6,11H,3-4,7-10H2,1-2H3,(H2,16,20)(H,17,18);1H. The van der Waals surface area contributed by atoms with Crippen molar-refractivity contribution in [1.82, 2.24) is 10.2 Å². The van der Waals surface area contributed by atoms with Gasteiger partial charge < -0.3 is 25.1 Å². The fraction of sp³-hybridized carbons (Fsp3) is 0.600. The number of carbonyl (C=O) groups excluding carboxylic acids is 1. The van der Waals surface area contributed by atoms with E-state index in [1.165, 1.54) is 12.8 Å². The van der Waals surface area contributed by atoms with Gasteiger partial charge in [0.15, 0.2) is 11.7 Å². The average Bonchev–Trinajstić information content (AvgIpc) is 3.19. The maximum absolute atomic E-state index is 11.0. The first-order valence-corrected chi connectivity index (χ1v) is 7.48. The molecule has 0 saturated heterocycles. The fourth-order valence-electron chi connectivity index (χ4n) is 2.00. The van der Waals surface area contributed by atoms with Crippen LogP contribution in [0.25, 0.3) is 0 Å². The lowest BCUT2D eigenvalue weighted by Gasteiger charge is -2.21. The molecule has 2 rings (SSSR count). The van der Waals surface area contributed by atoms with E-state index in [0.29, 0.717) is 18.9 Å². The molecule has 1 saturated carbocycles. The zero-order valence-electron chi connectivity index (χ0n) is 13.6. The van der Waals surface area contributed by atoms with Crippen LogP contribution in [0.3, 0.4) is 0 Å². The van der Waals surface area contributed by atoms with Crippen molar-refractivity contribution in [3.63, 3.8) is 0 Å². The van der Waals surface area contributed by atoms with Crippen molar-refractivity contribution in [3.05, 3.63) is 23.7 Å². The first-order chi connectivity index (χ1) is 10.6. The SMILES string of the molecule is CN=C(NCc1ccc(C(N)=O)o1)N(C)CCOCC1CC1.I. The summed E-state index contributed by atoms with van der Waals surface area (Å²) in [6, 6.07) is 3.29. The van der Waals surface area contributed by atoms with Crippen molar-refractivity contribution in [1.29, 1.82) is 0 Å². The van der Waals surface area contributed by atoms with E-state index in [0.717, 1.165) is 25.0 Å². The minimum absolute atomic E-state index is 0. The Labute approximate surface area is 153 Å². The molecule has 1 aliphatic rings. The number of ether oxygens (including phenoxy) is 1. The Hall–Kier alpha value is -1.29. The molecule has 1 aromatic heterocycles. The molecular weight excluding hydrogens is 411 g/mol. The molecule has 8 heteroatoms. The maximum atomic E-state index is 11.0. The summed E-state index contributed by atoms with van der Waals surface area (Å²) in [4.78, 5) is 17.2. The monoisotopic (exact) mass is 436 g/mol. The molecule has 1 aromatic rings. The Morgan fingerprint density at radius 2 is 2.26 bits per heavy atom. The molecule has 0 aliphatic heterocycles. The normalized spacial score (nSPS) is 14.3. The van der Waals surface area contributed by atoms with E-state index >= 15 is 0 Å². The molecule has 3 N–H and O–H groups in total. The summed E-state index contributed by atoms with van der Waals surface area (Å²) in [6.45, 7) is 2.74. The van der Waals surface area contributed by atoms with Crippen molar-refractivity contribution in [3.8, 4) is 0 Å². The van der Waals surface area contributed by atoms with E-state index in [1.54, 1.807) is 19.2 Å². The molecule has 0 unspecified atom stereocenters. The number of halogens is 1. The van der Waals surface area contributed by atoms with Crippen LogP contribution < -0.4 is 11.1 Å². The summed E-state index contributed by atoms with van der Waals surface area (Å²) < 4.78 is 10.9. The van der Waals surface area contributed by atoms with E-state index < -0.39 is 5.91 Å². The third-order valence-corrected chi connectivity index (χ3v) is 3.52. The molecule has 1 fully saturated rings. The zero-order valence-corrected chi connectivity index (χ0v) is 15.9. The molecule has 0 spiro atoms. The summed E-state index contributed by atoms with van der Waals surface area (Å²) in [5.74, 6) is 1.75. The highest BCUT2D eigenvalue weighted by atomic mass is 127. The summed E-state index contributed by atoms with van der Waals surface area (Å²) in [6.07, 6.45) is 2.60. The predicted molar refractivity (Wildman–Crippen MR) is 99.0 cm³/mol. The van der Waals surface area contributed by atoms with E-state index in [2.05, 4.69) is 10.3 Å². The number of hydrogen-bond acceptors (Lipinski definition) is 4. The van der Waals surface area contributed by atoms with Gasteiger partial charge >= 0.3 is 0 Å². The summed E-state index contributed by atoms with van der Waals surface area (Å²) in [5, 5.41) is 3.17. The third kappa shape index (κ3) is 6.78. The number of amides is 1. The number of nitrogens with one attached hydrogen (secondary N) is 1. The number of furan rings is 1. The molecule has 7 nitrogen and oxygen atoms in total. The van der Waals surface area contributed by atoms with Gasteiger partial charge in [-0.15, -0.1) is 24.0 Å². The first-order valence-electron chi connectivity index (χ1n) is 7.48. The Morgan fingerprint density at radius 1 is 1.52 bits per heavy atom. The Bertz CT molecular complexity index is 529. The van der Waals surface area contributed by atoms with Gasteiger partial charge in [-0.25, -0.2) is 0 Å². The lowest BCUT2D eigenvalue weighted by molar-refractivity contribution is 0.0972. The molecule has 0 bridgehead atoms. The van der Waals surface area contributed by atoms with Crippen LogP contribution in [-0.2, 0) is 11.3 Å². The summed E-state index contributed by atoms with van der Waals surface area (Å²) in [5.41, 5.74) is 5.15. The number of nitrogens with zero attached hydrogens (tertiary/aromatic N) is 2. The number of hydrogen-bond donors (Lipinski definition) is 2. The highest BCUT2D eigenvalue weighted by molar-refractivity contribution is 14.0. The van der Waals surface area contributed by atoms with E-state index in [1.807, 2.05) is 11.9 Å². The minimum atomic E-state index is -0.569. The van der Waals surface area contributed by atoms with E-state index in [4.69, 9.17) is 14.9 Å². The maximum Gasteiger partial charge on any atom is 0.284 e. The van der Waals surface area contributed by atoms with Crippen LogP contribution in [-0.4, -0.2) is 50.6 Å². The van der Waals surface area contributed by atoms with Crippen LogP contribution in [0.5, 0.6) is 0 Å². The number of primary amides is 1. The summed E-state index contributed by atoms with van der Waals surface area (Å²) in [7, 11) is 3.67. The predicted octanol–water partition coefficient (Wildman–Crippen LogP) is 1.43. The van der Waals surface area contributed by atoms with Gasteiger partial charge in [0.1, 0.15) is 5.76 Å². The van der Waals surface area contributed by atoms with Gasteiger partial charge in [-0.1, -0.05) is 0 Å². The van der Waals surface area contributed by atoms with Crippen LogP contribution in [0.1, 0.15) is 29.2 Å². The molecule has 130 valence electrons. The smallest absolute Gasteiger partial charge is 0.284 e. The second kappa shape index (κ2) is 9.76. The quantitative estimate of drug-likeness (QED) is 0.279. The number of aliphatic imine (C=N–C) groups is 1. The number of carbonyl (C=O) groups is 1. The van der Waals surface area contributed by atoms with Crippen LogP contribution >= 0.6 is 24.0 Å². The minimum Gasteiger partial charge on any atom is -0.454 e. The lowest BCUT2D eigenvalue weighted by atomic mass is 10.4. The van der Waals surface area contributed by atoms with Gasteiger partial charge in [-0.2, -0.15) is 0 Å². The van der Waals surface area contributed by atoms with Crippen molar-refractivity contribution in [2.45, 2.75) is 19.4 Å². The highest BCUT2D eigenvalue weighted by Crippen LogP contribution is 2.28. The van der Waals surface area contributed by atoms with E-state index in [-0.39, 0.29) is 29.7 Å². The number of rotatable bonds is 8. The van der Waals surface area contributed by atoms with Gasteiger partial charge in [-0.05, 0) is 30.9 Å². The molecule has 1 amide bonds. The van der Waals surface area contributed by atoms with Crippen LogP contribution in [0, 0.1) is 5.92 Å². The first kappa shape index (κ1) is 19.8. The largest absolute Gasteiger partial charge is 0.454 e. The lowest BCUT2D eigenvalue weighted by Crippen LogP contribution is -2.40. The van der Waals surface area contributed by atoms with Crippen molar-refractivity contribution < 1.29 is 13.9 Å². The molecule has 0 aromatic carbocycles. The Kier molecular flexibility index (Phi) is 8.38. The zero-order chi connectivity index (χ0) is 15.9. The average molecular weight is 436 g/mol. The highest BCUT2D eigenvalue weighted by Gasteiger charge is 2.21. The molecule has 23 heavy (non-hydrogen) atoms. The number of guanidine groups is 1. The van der Waals surface area contributed by atoms with Gasteiger partial charge in [0, 0.05) is 27.2 Å².